The standard InChI is InChI=1S/C26H25ClF3N5O3S/c1-15-22(16-3-5-17(38-2)6-4-16)32-24-18(13-31-35(24)23(15)26(28,29)30)25(37)34-11-9-33(10-12-34)19(14-36)20-7-8-21(27)39-20/h3-8,13,19,36H,9-12,14H2,1-2H3/t19-/m0/s1. The Morgan fingerprint density at radius 3 is 2.41 bits per heavy atom. The predicted molar refractivity (Wildman–Crippen MR) is 141 cm³/mol. The molecule has 8 nitrogen and oxygen atoms in total. The number of aromatic nitrogens is 3. The Kier molecular flexibility index (Phi) is 7.55. The van der Waals surface area contributed by atoms with Gasteiger partial charge in [-0.15, -0.1) is 11.3 Å². The monoisotopic (exact) mass is 579 g/mol. The normalized spacial score (nSPS) is 15.6. The van der Waals surface area contributed by atoms with Gasteiger partial charge in [-0.25, -0.2) is 9.50 Å². The number of rotatable bonds is 6. The minimum absolute atomic E-state index is 0.00698. The van der Waals surface area contributed by atoms with Crippen molar-refractivity contribution in [2.24, 2.45) is 0 Å². The summed E-state index contributed by atoms with van der Waals surface area (Å²) >= 11 is 7.45. The first-order chi connectivity index (χ1) is 18.6. The molecule has 0 spiro atoms. The van der Waals surface area contributed by atoms with E-state index in [-0.39, 0.29) is 35.1 Å². The molecule has 1 aromatic carbocycles. The van der Waals surface area contributed by atoms with Crippen LogP contribution in [0.25, 0.3) is 16.9 Å². The van der Waals surface area contributed by atoms with Gasteiger partial charge in [0.2, 0.25) is 0 Å². The molecule has 0 radical (unpaired) electrons. The van der Waals surface area contributed by atoms with Crippen LogP contribution in [-0.4, -0.2) is 75.3 Å². The number of methoxy groups -OCH3 is 1. The SMILES string of the molecule is COc1ccc(-c2nc3c(C(=O)N4CCN([C@@H](CO)c5ccc(Cl)s5)CC4)cnn3c(C(F)(F)F)c2C)cc1. The van der Waals surface area contributed by atoms with Crippen LogP contribution < -0.4 is 4.74 Å². The van der Waals surface area contributed by atoms with Crippen molar-refractivity contribution >= 4 is 34.5 Å². The van der Waals surface area contributed by atoms with Crippen molar-refractivity contribution in [3.63, 3.8) is 0 Å². The van der Waals surface area contributed by atoms with Gasteiger partial charge in [-0.1, -0.05) is 11.6 Å². The number of aliphatic hydroxyl groups excluding tert-OH is 1. The van der Waals surface area contributed by atoms with Gasteiger partial charge in [-0.2, -0.15) is 18.3 Å². The number of fused-ring (bicyclic) bond motifs is 1. The molecule has 0 saturated carbocycles. The Morgan fingerprint density at radius 2 is 1.85 bits per heavy atom. The maximum atomic E-state index is 14.2. The van der Waals surface area contributed by atoms with E-state index >= 15 is 0 Å². The molecule has 1 fully saturated rings. The number of piperazine rings is 1. The van der Waals surface area contributed by atoms with Crippen LogP contribution in [0.2, 0.25) is 4.34 Å². The lowest BCUT2D eigenvalue weighted by Crippen LogP contribution is -2.50. The summed E-state index contributed by atoms with van der Waals surface area (Å²) in [5, 5.41) is 13.9. The number of aliphatic hydroxyl groups is 1. The zero-order chi connectivity index (χ0) is 27.9. The van der Waals surface area contributed by atoms with Crippen molar-refractivity contribution in [1.29, 1.82) is 0 Å². The molecule has 4 aromatic rings. The van der Waals surface area contributed by atoms with Crippen molar-refractivity contribution in [1.82, 2.24) is 24.4 Å². The number of carbonyl (C=O) groups is 1. The quantitative estimate of drug-likeness (QED) is 0.348. The fraction of sp³-hybridized carbons (Fsp3) is 0.346. The molecule has 1 amide bonds. The van der Waals surface area contributed by atoms with Gasteiger partial charge in [-0.3, -0.25) is 9.69 Å². The number of carbonyl (C=O) groups excluding carboxylic acids is 1. The van der Waals surface area contributed by atoms with E-state index in [1.165, 1.54) is 25.4 Å². The summed E-state index contributed by atoms with van der Waals surface area (Å²) in [6, 6.07) is 9.93. The third kappa shape index (κ3) is 5.21. The molecule has 1 saturated heterocycles. The van der Waals surface area contributed by atoms with Crippen LogP contribution in [0.15, 0.2) is 42.6 Å². The lowest BCUT2D eigenvalue weighted by atomic mass is 10.0. The maximum Gasteiger partial charge on any atom is 0.433 e. The number of thiophene rings is 1. The van der Waals surface area contributed by atoms with E-state index in [4.69, 9.17) is 16.3 Å². The number of amides is 1. The predicted octanol–water partition coefficient (Wildman–Crippen LogP) is 4.94. The number of ether oxygens (including phenoxy) is 1. The number of alkyl halides is 3. The summed E-state index contributed by atoms with van der Waals surface area (Å²) in [4.78, 5) is 22.6. The van der Waals surface area contributed by atoms with Gasteiger partial charge >= 0.3 is 6.18 Å². The van der Waals surface area contributed by atoms with Gasteiger partial charge < -0.3 is 14.7 Å². The highest BCUT2D eigenvalue weighted by atomic mass is 35.5. The summed E-state index contributed by atoms with van der Waals surface area (Å²) < 4.78 is 49.1. The van der Waals surface area contributed by atoms with Crippen LogP contribution in [-0.2, 0) is 6.18 Å². The highest BCUT2D eigenvalue weighted by Crippen LogP contribution is 2.37. The summed E-state index contributed by atoms with van der Waals surface area (Å²) in [6.07, 6.45) is -3.58. The van der Waals surface area contributed by atoms with Crippen LogP contribution in [0.4, 0.5) is 13.2 Å². The molecule has 206 valence electrons. The van der Waals surface area contributed by atoms with Crippen LogP contribution in [0.5, 0.6) is 5.75 Å². The molecule has 0 aliphatic carbocycles. The third-order valence-corrected chi connectivity index (χ3v) is 8.22. The highest BCUT2D eigenvalue weighted by Gasteiger charge is 2.39. The minimum Gasteiger partial charge on any atom is -0.497 e. The van der Waals surface area contributed by atoms with Crippen molar-refractivity contribution in [3.05, 3.63) is 68.6 Å². The minimum atomic E-state index is -4.73. The molecule has 5 rings (SSSR count). The largest absolute Gasteiger partial charge is 0.497 e. The van der Waals surface area contributed by atoms with Gasteiger partial charge in [0.25, 0.3) is 5.91 Å². The van der Waals surface area contributed by atoms with Gasteiger partial charge in [0, 0.05) is 42.2 Å². The second kappa shape index (κ2) is 10.8. The first-order valence-electron chi connectivity index (χ1n) is 12.1. The summed E-state index contributed by atoms with van der Waals surface area (Å²) in [5.74, 6) is 0.105. The average molecular weight is 580 g/mol. The van der Waals surface area contributed by atoms with Crippen molar-refractivity contribution in [2.75, 3.05) is 39.9 Å². The Morgan fingerprint density at radius 1 is 1.15 bits per heavy atom. The second-order valence-electron chi connectivity index (χ2n) is 9.12. The zero-order valence-corrected chi connectivity index (χ0v) is 22.6. The fourth-order valence-corrected chi connectivity index (χ4v) is 6.07. The van der Waals surface area contributed by atoms with E-state index in [2.05, 4.69) is 15.0 Å². The van der Waals surface area contributed by atoms with Gasteiger partial charge in [0.1, 0.15) is 11.3 Å². The van der Waals surface area contributed by atoms with Crippen LogP contribution >= 0.6 is 22.9 Å². The first-order valence-corrected chi connectivity index (χ1v) is 13.3. The molecule has 1 aliphatic rings. The molecule has 39 heavy (non-hydrogen) atoms. The van der Waals surface area contributed by atoms with E-state index in [9.17, 15) is 23.1 Å². The first kappa shape index (κ1) is 27.4. The van der Waals surface area contributed by atoms with Gasteiger partial charge in [0.05, 0.1) is 36.0 Å². The Bertz CT molecular complexity index is 1500. The Labute approximate surface area is 231 Å². The van der Waals surface area contributed by atoms with E-state index in [1.807, 2.05) is 6.07 Å². The van der Waals surface area contributed by atoms with Crippen molar-refractivity contribution in [2.45, 2.75) is 19.1 Å². The number of hydrogen-bond donors (Lipinski definition) is 1. The lowest BCUT2D eigenvalue weighted by Gasteiger charge is -2.38. The molecule has 4 heterocycles. The fourth-order valence-electron chi connectivity index (χ4n) is 4.89. The molecule has 3 aromatic heterocycles. The second-order valence-corrected chi connectivity index (χ2v) is 10.9. The highest BCUT2D eigenvalue weighted by molar-refractivity contribution is 7.16. The molecular weight excluding hydrogens is 555 g/mol. The van der Waals surface area contributed by atoms with Crippen LogP contribution in [0.3, 0.4) is 0 Å². The summed E-state index contributed by atoms with van der Waals surface area (Å²) in [6.45, 7) is 2.85. The number of hydrogen-bond acceptors (Lipinski definition) is 7. The average Bonchev–Trinajstić information content (AvgIpc) is 3.54. The zero-order valence-electron chi connectivity index (χ0n) is 21.1. The molecule has 1 N–H and O–H groups in total. The molecule has 13 heteroatoms. The molecular formula is C26H25ClF3N5O3S. The summed E-state index contributed by atoms with van der Waals surface area (Å²) in [7, 11) is 1.50. The lowest BCUT2D eigenvalue weighted by molar-refractivity contribution is -0.143. The van der Waals surface area contributed by atoms with E-state index in [0.717, 1.165) is 11.1 Å². The third-order valence-electron chi connectivity index (χ3n) is 6.88. The molecule has 0 bridgehead atoms. The smallest absolute Gasteiger partial charge is 0.433 e. The molecule has 0 unspecified atom stereocenters. The molecule has 1 aliphatic heterocycles. The van der Waals surface area contributed by atoms with E-state index in [1.54, 1.807) is 35.2 Å². The van der Waals surface area contributed by atoms with Gasteiger partial charge in [0.15, 0.2) is 11.3 Å². The maximum absolute atomic E-state index is 14.2. The number of nitrogens with zero attached hydrogens (tertiary/aromatic N) is 5. The Hall–Kier alpha value is -3.19. The van der Waals surface area contributed by atoms with Crippen LogP contribution in [0, 0.1) is 6.92 Å². The topological polar surface area (TPSA) is 83.2 Å². The van der Waals surface area contributed by atoms with E-state index < -0.39 is 17.8 Å². The van der Waals surface area contributed by atoms with Crippen molar-refractivity contribution < 1.29 is 27.8 Å². The van der Waals surface area contributed by atoms with Crippen molar-refractivity contribution in [3.8, 4) is 17.0 Å². The van der Waals surface area contributed by atoms with Crippen LogP contribution in [0.1, 0.15) is 32.5 Å². The number of halogens is 4. The van der Waals surface area contributed by atoms with Gasteiger partial charge in [-0.05, 0) is 43.3 Å². The Balaban J connectivity index is 1.46. The molecule has 1 atom stereocenters. The van der Waals surface area contributed by atoms with E-state index in [0.29, 0.717) is 46.3 Å². The summed E-state index contributed by atoms with van der Waals surface area (Å²) in [5.41, 5.74) is -0.683. The number of benzene rings is 1.